The third-order valence-corrected chi connectivity index (χ3v) is 3.81. The normalized spacial score (nSPS) is 11.3. The number of aryl methyl sites for hydroxylation is 1. The number of benzene rings is 1. The van der Waals surface area contributed by atoms with Crippen LogP contribution in [0.2, 0.25) is 0 Å². The topological polar surface area (TPSA) is 136 Å². The van der Waals surface area contributed by atoms with Gasteiger partial charge in [0.25, 0.3) is 15.7 Å². The van der Waals surface area contributed by atoms with E-state index in [1.54, 1.807) is 4.89 Å². The highest BCUT2D eigenvalue weighted by atomic mass is 32.2. The van der Waals surface area contributed by atoms with Gasteiger partial charge in [-0.3, -0.25) is 15.0 Å². The van der Waals surface area contributed by atoms with Gasteiger partial charge in [0.2, 0.25) is 0 Å². The molecular formula is C10H12N2O7S. The second kappa shape index (κ2) is 5.94. The van der Waals surface area contributed by atoms with E-state index < -0.39 is 27.5 Å². The van der Waals surface area contributed by atoms with E-state index in [0.29, 0.717) is 11.1 Å². The molecule has 0 spiro atoms. The van der Waals surface area contributed by atoms with E-state index in [4.69, 9.17) is 5.11 Å². The summed E-state index contributed by atoms with van der Waals surface area (Å²) in [5.41, 5.74) is 0.339. The summed E-state index contributed by atoms with van der Waals surface area (Å²) in [7, 11) is -4.21. The zero-order chi connectivity index (χ0) is 15.5. The number of aliphatic carboxylic acids is 1. The molecule has 2 N–H and O–H groups in total. The highest BCUT2D eigenvalue weighted by Crippen LogP contribution is 2.25. The van der Waals surface area contributed by atoms with Gasteiger partial charge in [-0.15, -0.1) is 0 Å². The lowest BCUT2D eigenvalue weighted by atomic mass is 10.1. The lowest BCUT2D eigenvalue weighted by molar-refractivity contribution is -0.385. The maximum atomic E-state index is 11.9. The molecule has 0 saturated heterocycles. The molecule has 1 aromatic carbocycles. The second-order valence-corrected chi connectivity index (χ2v) is 5.53. The van der Waals surface area contributed by atoms with Crippen molar-refractivity contribution < 1.29 is 28.1 Å². The van der Waals surface area contributed by atoms with Gasteiger partial charge in [-0.2, -0.15) is 0 Å². The van der Waals surface area contributed by atoms with Crippen molar-refractivity contribution in [3.63, 3.8) is 0 Å². The number of nitro benzene ring substituents is 1. The van der Waals surface area contributed by atoms with E-state index in [0.717, 1.165) is 6.07 Å². The summed E-state index contributed by atoms with van der Waals surface area (Å²) >= 11 is 0. The number of rotatable bonds is 6. The molecule has 10 heteroatoms. The second-order valence-electron chi connectivity index (χ2n) is 3.91. The summed E-state index contributed by atoms with van der Waals surface area (Å²) in [4.78, 5) is 25.8. The number of carboxylic acids is 1. The number of carbonyl (C=O) groups is 1. The zero-order valence-corrected chi connectivity index (χ0v) is 11.4. The number of carboxylic acid groups (broad SMARTS) is 1. The molecule has 0 aliphatic rings. The smallest absolute Gasteiger partial charge is 0.331 e. The lowest BCUT2D eigenvalue weighted by Gasteiger charge is -2.10. The summed E-state index contributed by atoms with van der Waals surface area (Å²) in [6, 6.07) is 2.13. The van der Waals surface area contributed by atoms with Crippen molar-refractivity contribution >= 4 is 21.7 Å². The summed E-state index contributed by atoms with van der Waals surface area (Å²) in [6.45, 7) is 2.14. The molecule has 0 heterocycles. The van der Waals surface area contributed by atoms with Gasteiger partial charge in [-0.1, -0.05) is 4.89 Å². The van der Waals surface area contributed by atoms with Crippen LogP contribution in [0, 0.1) is 24.0 Å². The Hall–Kier alpha value is -2.04. The van der Waals surface area contributed by atoms with Crippen LogP contribution in [0.1, 0.15) is 11.1 Å². The molecule has 0 aliphatic heterocycles. The van der Waals surface area contributed by atoms with Crippen molar-refractivity contribution in [1.82, 2.24) is 4.89 Å². The predicted octanol–water partition coefficient (Wildman–Crippen LogP) is 0.506. The number of non-ortho nitro benzene ring substituents is 1. The standard InChI is InChI=1S/C10H12N2O7S/c1-6-3-8(12(15)16)4-9(7(6)2)20(17,18)11-19-5-10(13)14/h3-4,11H,5H2,1-2H3,(H,13,14). The average molecular weight is 304 g/mol. The number of sulfonamides is 1. The molecule has 0 atom stereocenters. The van der Waals surface area contributed by atoms with E-state index in [1.807, 2.05) is 0 Å². The van der Waals surface area contributed by atoms with Gasteiger partial charge in [0, 0.05) is 12.1 Å². The number of nitrogens with one attached hydrogen (secondary N) is 1. The third-order valence-electron chi connectivity index (χ3n) is 2.47. The van der Waals surface area contributed by atoms with E-state index >= 15 is 0 Å². The fourth-order valence-electron chi connectivity index (χ4n) is 1.41. The maximum Gasteiger partial charge on any atom is 0.331 e. The Bertz CT molecular complexity index is 654. The average Bonchev–Trinajstić information content (AvgIpc) is 2.31. The Kier molecular flexibility index (Phi) is 4.76. The molecule has 0 saturated carbocycles. The fraction of sp³-hybridized carbons (Fsp3) is 0.300. The first-order valence-corrected chi connectivity index (χ1v) is 6.74. The van der Waals surface area contributed by atoms with Crippen LogP contribution in [0.3, 0.4) is 0 Å². The van der Waals surface area contributed by atoms with Crippen LogP contribution in [-0.4, -0.2) is 31.0 Å². The minimum absolute atomic E-state index is 0.307. The van der Waals surface area contributed by atoms with Crippen LogP contribution in [0.4, 0.5) is 5.69 Å². The lowest BCUT2D eigenvalue weighted by Crippen LogP contribution is -2.27. The Morgan fingerprint density at radius 1 is 1.45 bits per heavy atom. The molecular weight excluding hydrogens is 292 g/mol. The van der Waals surface area contributed by atoms with Gasteiger partial charge in [0.05, 0.1) is 9.82 Å². The number of nitro groups is 1. The molecule has 0 fully saturated rings. The van der Waals surface area contributed by atoms with Gasteiger partial charge in [0.1, 0.15) is 0 Å². The summed E-state index contributed by atoms with van der Waals surface area (Å²) in [5.74, 6) is -1.36. The quantitative estimate of drug-likeness (QED) is 0.577. The van der Waals surface area contributed by atoms with Crippen LogP contribution in [0.15, 0.2) is 17.0 Å². The minimum atomic E-state index is -4.21. The van der Waals surface area contributed by atoms with Gasteiger partial charge in [-0.05, 0) is 25.0 Å². The first-order valence-electron chi connectivity index (χ1n) is 5.26. The molecule has 0 bridgehead atoms. The minimum Gasteiger partial charge on any atom is -0.479 e. The fourth-order valence-corrected chi connectivity index (χ4v) is 2.55. The van der Waals surface area contributed by atoms with Crippen LogP contribution in [0.25, 0.3) is 0 Å². The molecule has 0 amide bonds. The molecule has 1 aromatic rings. The highest BCUT2D eigenvalue weighted by molar-refractivity contribution is 7.89. The van der Waals surface area contributed by atoms with Crippen molar-refractivity contribution in [1.29, 1.82) is 0 Å². The monoisotopic (exact) mass is 304 g/mol. The van der Waals surface area contributed by atoms with E-state index in [9.17, 15) is 23.3 Å². The summed E-state index contributed by atoms with van der Waals surface area (Å²) in [5, 5.41) is 19.1. The summed E-state index contributed by atoms with van der Waals surface area (Å²) < 4.78 is 23.8. The van der Waals surface area contributed by atoms with Gasteiger partial charge in [-0.25, -0.2) is 13.2 Å². The Morgan fingerprint density at radius 2 is 2.05 bits per heavy atom. The predicted molar refractivity (Wildman–Crippen MR) is 66.5 cm³/mol. The van der Waals surface area contributed by atoms with Crippen LogP contribution in [-0.2, 0) is 19.7 Å². The summed E-state index contributed by atoms with van der Waals surface area (Å²) in [6.07, 6.45) is 0. The van der Waals surface area contributed by atoms with E-state index in [1.165, 1.54) is 19.9 Å². The number of hydrogen-bond donors (Lipinski definition) is 2. The number of hydrogen-bond acceptors (Lipinski definition) is 6. The molecule has 0 radical (unpaired) electrons. The molecule has 1 rings (SSSR count). The van der Waals surface area contributed by atoms with Crippen molar-refractivity contribution in [3.8, 4) is 0 Å². The maximum absolute atomic E-state index is 11.9. The third kappa shape index (κ3) is 3.73. The van der Waals surface area contributed by atoms with Crippen LogP contribution < -0.4 is 4.89 Å². The van der Waals surface area contributed by atoms with Crippen LogP contribution >= 0.6 is 0 Å². The highest BCUT2D eigenvalue weighted by Gasteiger charge is 2.22. The van der Waals surface area contributed by atoms with Crippen molar-refractivity contribution in [2.45, 2.75) is 18.7 Å². The van der Waals surface area contributed by atoms with Crippen molar-refractivity contribution in [2.75, 3.05) is 6.61 Å². The SMILES string of the molecule is Cc1cc([N+](=O)[O-])cc(S(=O)(=O)NOCC(=O)O)c1C. The Morgan fingerprint density at radius 3 is 2.55 bits per heavy atom. The zero-order valence-electron chi connectivity index (χ0n) is 10.6. The van der Waals surface area contributed by atoms with E-state index in [-0.39, 0.29) is 10.6 Å². The van der Waals surface area contributed by atoms with Gasteiger partial charge < -0.3 is 5.11 Å². The molecule has 0 unspecified atom stereocenters. The Balaban J connectivity index is 3.17. The van der Waals surface area contributed by atoms with Gasteiger partial charge in [0.15, 0.2) is 6.61 Å². The molecule has 20 heavy (non-hydrogen) atoms. The molecule has 9 nitrogen and oxygen atoms in total. The van der Waals surface area contributed by atoms with Crippen LogP contribution in [0.5, 0.6) is 0 Å². The molecule has 0 aliphatic carbocycles. The molecule has 0 aromatic heterocycles. The Labute approximate surface area is 114 Å². The van der Waals surface area contributed by atoms with Gasteiger partial charge >= 0.3 is 5.97 Å². The van der Waals surface area contributed by atoms with Crippen molar-refractivity contribution in [2.24, 2.45) is 0 Å². The number of nitrogens with zero attached hydrogens (tertiary/aromatic N) is 1. The molecule has 110 valence electrons. The van der Waals surface area contributed by atoms with E-state index in [2.05, 4.69) is 4.84 Å². The first-order chi connectivity index (χ1) is 9.15. The first kappa shape index (κ1) is 16.0. The van der Waals surface area contributed by atoms with Crippen molar-refractivity contribution in [3.05, 3.63) is 33.4 Å². The largest absolute Gasteiger partial charge is 0.479 e.